The average Bonchev–Trinajstić information content (AvgIpc) is 3.37. The van der Waals surface area contributed by atoms with Gasteiger partial charge in [0.1, 0.15) is 17.8 Å². The van der Waals surface area contributed by atoms with E-state index in [1.807, 2.05) is 43.3 Å². The Hall–Kier alpha value is -3.88. The quantitative estimate of drug-likeness (QED) is 0.290. The van der Waals surface area contributed by atoms with Gasteiger partial charge in [0.25, 0.3) is 5.56 Å². The summed E-state index contributed by atoms with van der Waals surface area (Å²) >= 11 is 6.17. The minimum absolute atomic E-state index is 0.110. The van der Waals surface area contributed by atoms with Crippen molar-refractivity contribution in [1.29, 1.82) is 0 Å². The van der Waals surface area contributed by atoms with Gasteiger partial charge < -0.3 is 9.15 Å². The molecule has 9 heteroatoms. The molecular weight excluding hydrogens is 500 g/mol. The number of aromatic nitrogens is 2. The predicted molar refractivity (Wildman–Crippen MR) is 139 cm³/mol. The van der Waals surface area contributed by atoms with Crippen molar-refractivity contribution in [2.75, 3.05) is 7.11 Å². The highest BCUT2D eigenvalue weighted by Crippen LogP contribution is 2.32. The normalized spacial score (nSPS) is 11.6. The summed E-state index contributed by atoms with van der Waals surface area (Å²) in [6.07, 6.45) is 2.73. The maximum atomic E-state index is 13.0. The molecule has 0 saturated carbocycles. The van der Waals surface area contributed by atoms with Crippen LogP contribution in [-0.2, 0) is 15.6 Å². The maximum Gasteiger partial charge on any atom is 0.255 e. The molecule has 0 bridgehead atoms. The Morgan fingerprint density at radius 3 is 2.50 bits per heavy atom. The molecule has 0 radical (unpaired) electrons. The third-order valence-corrected chi connectivity index (χ3v) is 7.96. The van der Waals surface area contributed by atoms with Crippen LogP contribution in [0.25, 0.3) is 27.7 Å². The van der Waals surface area contributed by atoms with Gasteiger partial charge in [-0.2, -0.15) is 0 Å². The number of fused-ring (bicyclic) bond motifs is 1. The Balaban J connectivity index is 1.61. The highest BCUT2D eigenvalue weighted by Gasteiger charge is 2.20. The Morgan fingerprint density at radius 1 is 1.00 bits per heavy atom. The SMILES string of the molecule is COc1cc(-c2ccc(Cl)c(C)c2)ccc1-n1c(=O)ccc2cc(S(=O)(=O)Cc3ncco3)ccc21. The van der Waals surface area contributed by atoms with Crippen molar-refractivity contribution < 1.29 is 17.6 Å². The molecule has 7 nitrogen and oxygen atoms in total. The van der Waals surface area contributed by atoms with E-state index in [4.69, 9.17) is 20.8 Å². The summed E-state index contributed by atoms with van der Waals surface area (Å²) in [7, 11) is -2.15. The van der Waals surface area contributed by atoms with Crippen LogP contribution in [0.15, 0.2) is 93.3 Å². The van der Waals surface area contributed by atoms with Crippen LogP contribution >= 0.6 is 11.6 Å². The number of hydrogen-bond acceptors (Lipinski definition) is 6. The minimum atomic E-state index is -3.70. The minimum Gasteiger partial charge on any atom is -0.495 e. The van der Waals surface area contributed by atoms with Crippen molar-refractivity contribution >= 4 is 32.3 Å². The Bertz CT molecular complexity index is 1760. The molecule has 0 spiro atoms. The van der Waals surface area contributed by atoms with Crippen molar-refractivity contribution in [3.8, 4) is 22.6 Å². The molecule has 0 unspecified atom stereocenters. The zero-order chi connectivity index (χ0) is 25.4. The zero-order valence-corrected chi connectivity index (χ0v) is 21.0. The van der Waals surface area contributed by atoms with E-state index in [1.54, 1.807) is 25.3 Å². The van der Waals surface area contributed by atoms with E-state index in [0.29, 0.717) is 27.4 Å². The number of sulfone groups is 1. The average molecular weight is 521 g/mol. The molecule has 0 aliphatic rings. The van der Waals surface area contributed by atoms with E-state index in [-0.39, 0.29) is 22.1 Å². The summed E-state index contributed by atoms with van der Waals surface area (Å²) in [6, 6.07) is 19.0. The van der Waals surface area contributed by atoms with Crippen LogP contribution in [0, 0.1) is 6.92 Å². The lowest BCUT2D eigenvalue weighted by Gasteiger charge is -2.16. The van der Waals surface area contributed by atoms with E-state index in [0.717, 1.165) is 16.7 Å². The molecule has 5 rings (SSSR count). The molecule has 0 atom stereocenters. The summed E-state index contributed by atoms with van der Waals surface area (Å²) in [4.78, 5) is 17.0. The first-order valence-corrected chi connectivity index (χ1v) is 13.0. The molecule has 0 aliphatic carbocycles. The molecule has 5 aromatic rings. The van der Waals surface area contributed by atoms with Crippen LogP contribution < -0.4 is 10.3 Å². The summed E-state index contributed by atoms with van der Waals surface area (Å²) in [5.41, 5.74) is 3.64. The molecule has 0 aliphatic heterocycles. The number of rotatable bonds is 6. The van der Waals surface area contributed by atoms with Crippen LogP contribution in [0.3, 0.4) is 0 Å². The highest BCUT2D eigenvalue weighted by molar-refractivity contribution is 7.90. The number of benzene rings is 3. The molecule has 182 valence electrons. The number of aryl methyl sites for hydroxylation is 1. The number of halogens is 1. The number of pyridine rings is 1. The molecular formula is C27H21ClN2O5S. The van der Waals surface area contributed by atoms with E-state index in [1.165, 1.54) is 29.2 Å². The van der Waals surface area contributed by atoms with Gasteiger partial charge >= 0.3 is 0 Å². The van der Waals surface area contributed by atoms with E-state index in [9.17, 15) is 13.2 Å². The second kappa shape index (κ2) is 9.29. The largest absolute Gasteiger partial charge is 0.495 e. The molecule has 36 heavy (non-hydrogen) atoms. The van der Waals surface area contributed by atoms with Gasteiger partial charge in [-0.3, -0.25) is 9.36 Å². The smallest absolute Gasteiger partial charge is 0.255 e. The summed E-state index contributed by atoms with van der Waals surface area (Å²) < 4.78 is 38.0. The molecule has 2 aromatic heterocycles. The van der Waals surface area contributed by atoms with E-state index < -0.39 is 9.84 Å². The first-order valence-electron chi connectivity index (χ1n) is 11.0. The standard InChI is InChI=1S/C27H21ClN2O5S/c1-17-13-18(3-7-22(17)28)19-4-8-24(25(15-19)34-2)30-23-9-6-21(14-20(23)5-10-27(30)31)36(32,33)16-26-29-11-12-35-26/h3-15H,16H2,1-2H3. The number of methoxy groups -OCH3 is 1. The summed E-state index contributed by atoms with van der Waals surface area (Å²) in [5.74, 6) is 0.251. The van der Waals surface area contributed by atoms with Crippen LogP contribution in [0.2, 0.25) is 5.02 Å². The topological polar surface area (TPSA) is 91.4 Å². The molecule has 0 fully saturated rings. The third kappa shape index (κ3) is 4.41. The van der Waals surface area contributed by atoms with Crippen molar-refractivity contribution in [2.24, 2.45) is 0 Å². The molecule has 2 heterocycles. The number of hydrogen-bond donors (Lipinski definition) is 0. The van der Waals surface area contributed by atoms with Gasteiger partial charge in [-0.15, -0.1) is 0 Å². The molecule has 3 aromatic carbocycles. The maximum absolute atomic E-state index is 13.0. The van der Waals surface area contributed by atoms with Crippen LogP contribution in [0.1, 0.15) is 11.5 Å². The predicted octanol–water partition coefficient (Wildman–Crippen LogP) is 5.59. The van der Waals surface area contributed by atoms with Crippen LogP contribution in [0.4, 0.5) is 0 Å². The van der Waals surface area contributed by atoms with Gasteiger partial charge in [0.2, 0.25) is 5.89 Å². The Kier molecular flexibility index (Phi) is 6.15. The first-order chi connectivity index (χ1) is 17.3. The lowest BCUT2D eigenvalue weighted by atomic mass is 10.0. The van der Waals surface area contributed by atoms with Crippen molar-refractivity contribution in [3.05, 3.63) is 106 Å². The number of nitrogens with zero attached hydrogens (tertiary/aromatic N) is 2. The lowest BCUT2D eigenvalue weighted by molar-refractivity contribution is 0.413. The summed E-state index contributed by atoms with van der Waals surface area (Å²) in [6.45, 7) is 1.94. The van der Waals surface area contributed by atoms with Gasteiger partial charge in [0.15, 0.2) is 9.84 Å². The monoisotopic (exact) mass is 520 g/mol. The van der Waals surface area contributed by atoms with Crippen molar-refractivity contribution in [3.63, 3.8) is 0 Å². The van der Waals surface area contributed by atoms with Gasteiger partial charge in [0.05, 0.1) is 29.4 Å². The van der Waals surface area contributed by atoms with Crippen LogP contribution in [0.5, 0.6) is 5.75 Å². The van der Waals surface area contributed by atoms with Gasteiger partial charge in [-0.05, 0) is 72.1 Å². The zero-order valence-electron chi connectivity index (χ0n) is 19.4. The van der Waals surface area contributed by atoms with Gasteiger partial charge in [-0.1, -0.05) is 23.7 Å². The van der Waals surface area contributed by atoms with Crippen LogP contribution in [-0.4, -0.2) is 25.1 Å². The Morgan fingerprint density at radius 2 is 1.78 bits per heavy atom. The van der Waals surface area contributed by atoms with Gasteiger partial charge in [0, 0.05) is 16.5 Å². The molecule has 0 saturated heterocycles. The fourth-order valence-electron chi connectivity index (χ4n) is 4.10. The fourth-order valence-corrected chi connectivity index (χ4v) is 5.44. The van der Waals surface area contributed by atoms with E-state index >= 15 is 0 Å². The Labute approximate surface area is 212 Å². The molecule has 0 amide bonds. The van der Waals surface area contributed by atoms with Gasteiger partial charge in [-0.25, -0.2) is 13.4 Å². The highest BCUT2D eigenvalue weighted by atomic mass is 35.5. The summed E-state index contributed by atoms with van der Waals surface area (Å²) in [5, 5.41) is 1.27. The fraction of sp³-hybridized carbons (Fsp3) is 0.111. The lowest BCUT2D eigenvalue weighted by Crippen LogP contribution is -2.18. The second-order valence-electron chi connectivity index (χ2n) is 8.26. The number of oxazole rings is 1. The first kappa shape index (κ1) is 23.8. The second-order valence-corrected chi connectivity index (χ2v) is 10.7. The third-order valence-electron chi connectivity index (χ3n) is 5.93. The van der Waals surface area contributed by atoms with E-state index in [2.05, 4.69) is 4.98 Å². The van der Waals surface area contributed by atoms with Crippen molar-refractivity contribution in [1.82, 2.24) is 9.55 Å². The molecule has 0 N–H and O–H groups in total. The number of ether oxygens (including phenoxy) is 1. The van der Waals surface area contributed by atoms with Crippen molar-refractivity contribution in [2.45, 2.75) is 17.6 Å².